The van der Waals surface area contributed by atoms with Crippen molar-refractivity contribution in [1.82, 2.24) is 14.6 Å². The molecule has 10 nitrogen and oxygen atoms in total. The van der Waals surface area contributed by atoms with Crippen molar-refractivity contribution in [3.8, 4) is 5.75 Å². The van der Waals surface area contributed by atoms with Gasteiger partial charge in [0.2, 0.25) is 0 Å². The molecular weight excluding hydrogens is 435 g/mol. The fourth-order valence-electron chi connectivity index (χ4n) is 4.33. The molecule has 32 heavy (non-hydrogen) atoms. The summed E-state index contributed by atoms with van der Waals surface area (Å²) in [5.74, 6) is 0.00745. The maximum atomic E-state index is 12.3. The summed E-state index contributed by atoms with van der Waals surface area (Å²) < 4.78 is 43.7. The SMILES string of the molecule is CC1(C)OC2C(CO[P+](=O)Oc3ccccc3)OC(C)(c3ccc4c(N)ncnn34)C2O1. The quantitative estimate of drug-likeness (QED) is 0.554. The zero-order valence-corrected chi connectivity index (χ0v) is 18.8. The number of para-hydroxylation sites is 1. The van der Waals surface area contributed by atoms with Crippen molar-refractivity contribution in [1.29, 1.82) is 0 Å². The number of aromatic nitrogens is 3. The van der Waals surface area contributed by atoms with Crippen LogP contribution in [0.25, 0.3) is 5.52 Å². The molecule has 2 fully saturated rings. The minimum atomic E-state index is -2.39. The lowest BCUT2D eigenvalue weighted by Gasteiger charge is -2.31. The van der Waals surface area contributed by atoms with E-state index in [-0.39, 0.29) is 6.61 Å². The van der Waals surface area contributed by atoms with E-state index < -0.39 is 38.0 Å². The molecule has 0 radical (unpaired) electrons. The van der Waals surface area contributed by atoms with Gasteiger partial charge in [-0.2, -0.15) is 5.10 Å². The number of fused-ring (bicyclic) bond motifs is 2. The van der Waals surface area contributed by atoms with Gasteiger partial charge < -0.3 is 19.9 Å². The van der Waals surface area contributed by atoms with Gasteiger partial charge in [-0.1, -0.05) is 18.2 Å². The van der Waals surface area contributed by atoms with E-state index >= 15 is 0 Å². The maximum absolute atomic E-state index is 12.3. The van der Waals surface area contributed by atoms with Crippen LogP contribution in [0.5, 0.6) is 5.75 Å². The van der Waals surface area contributed by atoms with Crippen molar-refractivity contribution in [2.24, 2.45) is 0 Å². The molecule has 1 aromatic carbocycles. The second-order valence-electron chi connectivity index (χ2n) is 8.37. The van der Waals surface area contributed by atoms with E-state index in [1.165, 1.54) is 6.33 Å². The number of nitrogens with zero attached hydrogens (tertiary/aromatic N) is 3. The summed E-state index contributed by atoms with van der Waals surface area (Å²) in [7, 11) is -2.39. The maximum Gasteiger partial charge on any atom is 0.750 e. The summed E-state index contributed by atoms with van der Waals surface area (Å²) in [6.07, 6.45) is -0.0491. The lowest BCUT2D eigenvalue weighted by molar-refractivity contribution is -0.211. The highest BCUT2D eigenvalue weighted by molar-refractivity contribution is 7.33. The third-order valence-electron chi connectivity index (χ3n) is 5.69. The zero-order chi connectivity index (χ0) is 22.5. The Bertz CT molecular complexity index is 1160. The molecular formula is C21H24N4O6P+. The highest BCUT2D eigenvalue weighted by Crippen LogP contribution is 2.49. The number of anilines is 1. The van der Waals surface area contributed by atoms with Gasteiger partial charge >= 0.3 is 8.25 Å². The molecule has 5 unspecified atom stereocenters. The molecule has 2 aromatic heterocycles. The Morgan fingerprint density at radius 3 is 2.69 bits per heavy atom. The molecule has 0 spiro atoms. The van der Waals surface area contributed by atoms with Gasteiger partial charge in [-0.15, -0.1) is 4.52 Å². The number of benzene rings is 1. The van der Waals surface area contributed by atoms with Crippen LogP contribution in [-0.2, 0) is 28.9 Å². The number of nitrogen functional groups attached to an aromatic ring is 1. The first-order chi connectivity index (χ1) is 15.3. The highest BCUT2D eigenvalue weighted by atomic mass is 31.1. The van der Waals surface area contributed by atoms with Crippen LogP contribution in [-0.4, -0.2) is 45.3 Å². The molecule has 0 bridgehead atoms. The minimum absolute atomic E-state index is 0.00132. The summed E-state index contributed by atoms with van der Waals surface area (Å²) in [6, 6.07) is 12.6. The van der Waals surface area contributed by atoms with E-state index in [9.17, 15) is 4.57 Å². The molecule has 0 aliphatic carbocycles. The molecule has 5 atom stereocenters. The third kappa shape index (κ3) is 3.64. The average molecular weight is 459 g/mol. The van der Waals surface area contributed by atoms with Crippen molar-refractivity contribution < 1.29 is 27.8 Å². The van der Waals surface area contributed by atoms with Crippen LogP contribution in [0.3, 0.4) is 0 Å². The predicted octanol–water partition coefficient (Wildman–Crippen LogP) is 3.20. The van der Waals surface area contributed by atoms with Gasteiger partial charge in [0.25, 0.3) is 0 Å². The molecule has 0 saturated carbocycles. The largest absolute Gasteiger partial charge is 0.750 e. The standard InChI is InChI=1S/C21H24N4O6P/c1-20(2)29-17-15(11-27-32(26)31-13-7-5-4-6-8-13)28-21(3,18(17)30-20)16-10-9-14-19(22)23-12-24-25(14)16/h4-10,12,15,17-18H,11H2,1-3H3,(H2,22,23,24)/q+1. The average Bonchev–Trinajstić information content (AvgIpc) is 3.40. The fourth-order valence-corrected chi connectivity index (χ4v) is 4.94. The zero-order valence-electron chi connectivity index (χ0n) is 17.9. The Balaban J connectivity index is 1.39. The van der Waals surface area contributed by atoms with Crippen molar-refractivity contribution in [3.63, 3.8) is 0 Å². The number of rotatable bonds is 6. The Kier molecular flexibility index (Phi) is 5.15. The van der Waals surface area contributed by atoms with Gasteiger partial charge in [0.05, 0.1) is 5.69 Å². The van der Waals surface area contributed by atoms with Gasteiger partial charge in [0.15, 0.2) is 17.4 Å². The normalized spacial score (nSPS) is 29.2. The minimum Gasteiger partial charge on any atom is -0.382 e. The van der Waals surface area contributed by atoms with Crippen LogP contribution in [0, 0.1) is 0 Å². The monoisotopic (exact) mass is 459 g/mol. The first-order valence-corrected chi connectivity index (χ1v) is 11.3. The predicted molar refractivity (Wildman–Crippen MR) is 114 cm³/mol. The summed E-state index contributed by atoms with van der Waals surface area (Å²) in [5, 5.41) is 4.34. The fraction of sp³-hybridized carbons (Fsp3) is 0.429. The number of nitrogens with two attached hydrogens (primary N) is 1. The van der Waals surface area contributed by atoms with E-state index in [0.717, 1.165) is 5.69 Å². The Labute approximate surface area is 185 Å². The Hall–Kier alpha value is -2.62. The molecule has 0 amide bonds. The summed E-state index contributed by atoms with van der Waals surface area (Å²) in [4.78, 5) is 4.04. The van der Waals surface area contributed by atoms with E-state index in [2.05, 4.69) is 10.1 Å². The van der Waals surface area contributed by atoms with Crippen LogP contribution >= 0.6 is 8.25 Å². The van der Waals surface area contributed by atoms with Crippen LogP contribution < -0.4 is 10.3 Å². The van der Waals surface area contributed by atoms with Crippen LogP contribution in [0.4, 0.5) is 5.82 Å². The number of hydrogen-bond acceptors (Lipinski definition) is 9. The number of ether oxygens (including phenoxy) is 3. The van der Waals surface area contributed by atoms with E-state index in [4.69, 9.17) is 29.0 Å². The van der Waals surface area contributed by atoms with Crippen LogP contribution in [0.2, 0.25) is 0 Å². The molecule has 2 aliphatic rings. The third-order valence-corrected chi connectivity index (χ3v) is 6.41. The molecule has 4 heterocycles. The van der Waals surface area contributed by atoms with E-state index in [0.29, 0.717) is 17.1 Å². The lowest BCUT2D eigenvalue weighted by Crippen LogP contribution is -2.39. The molecule has 5 rings (SSSR count). The molecule has 2 saturated heterocycles. The lowest BCUT2D eigenvalue weighted by atomic mass is 9.93. The van der Waals surface area contributed by atoms with Crippen LogP contribution in [0.1, 0.15) is 26.5 Å². The van der Waals surface area contributed by atoms with E-state index in [1.807, 2.05) is 39.0 Å². The highest BCUT2D eigenvalue weighted by Gasteiger charge is 2.62. The summed E-state index contributed by atoms with van der Waals surface area (Å²) in [6.45, 7) is 5.60. The topological polar surface area (TPSA) is 119 Å². The van der Waals surface area contributed by atoms with E-state index in [1.54, 1.807) is 28.8 Å². The Morgan fingerprint density at radius 1 is 1.12 bits per heavy atom. The van der Waals surface area contributed by atoms with Crippen molar-refractivity contribution in [3.05, 3.63) is 54.5 Å². The second-order valence-corrected chi connectivity index (χ2v) is 9.26. The van der Waals surface area contributed by atoms with Gasteiger partial charge in [0.1, 0.15) is 42.4 Å². The van der Waals surface area contributed by atoms with Crippen LogP contribution in [0.15, 0.2) is 48.8 Å². The summed E-state index contributed by atoms with van der Waals surface area (Å²) >= 11 is 0. The van der Waals surface area contributed by atoms with Gasteiger partial charge in [-0.3, -0.25) is 0 Å². The molecule has 2 aliphatic heterocycles. The van der Waals surface area contributed by atoms with Crippen molar-refractivity contribution in [2.45, 2.75) is 50.5 Å². The summed E-state index contributed by atoms with van der Waals surface area (Å²) in [5.41, 5.74) is 6.48. The first-order valence-electron chi connectivity index (χ1n) is 10.2. The van der Waals surface area contributed by atoms with Gasteiger partial charge in [0, 0.05) is 4.57 Å². The van der Waals surface area contributed by atoms with Crippen molar-refractivity contribution in [2.75, 3.05) is 12.3 Å². The van der Waals surface area contributed by atoms with Crippen molar-refractivity contribution >= 4 is 19.6 Å². The molecule has 3 aromatic rings. The second kappa shape index (κ2) is 7.75. The smallest absolute Gasteiger partial charge is 0.382 e. The molecule has 11 heteroatoms. The number of hydrogen-bond donors (Lipinski definition) is 1. The van der Waals surface area contributed by atoms with Gasteiger partial charge in [-0.25, -0.2) is 14.0 Å². The molecule has 168 valence electrons. The Morgan fingerprint density at radius 2 is 1.91 bits per heavy atom. The van der Waals surface area contributed by atoms with Gasteiger partial charge in [-0.05, 0) is 45.0 Å². The first kappa shape index (κ1) is 21.2. The molecule has 2 N–H and O–H groups in total.